The molecule has 1 N–H and O–H groups in total. The fourth-order valence-corrected chi connectivity index (χ4v) is 2.70. The van der Waals surface area contributed by atoms with E-state index in [1.165, 1.54) is 11.8 Å². The smallest absolute Gasteiger partial charge is 0.254 e. The van der Waals surface area contributed by atoms with Gasteiger partial charge in [0, 0.05) is 17.8 Å². The minimum atomic E-state index is -0.310. The molecule has 0 radical (unpaired) electrons. The number of nitrogens with zero attached hydrogens (tertiary/aromatic N) is 2. The second-order valence-corrected chi connectivity index (χ2v) is 7.39. The van der Waals surface area contributed by atoms with E-state index in [1.54, 1.807) is 12.1 Å². The molecule has 0 aliphatic heterocycles. The van der Waals surface area contributed by atoms with Crippen LogP contribution in [0, 0.1) is 0 Å². The Morgan fingerprint density at radius 1 is 1.19 bits per heavy atom. The maximum atomic E-state index is 12.1. The molecule has 0 unspecified atom stereocenters. The lowest BCUT2D eigenvalue weighted by molar-refractivity contribution is 0.0947. The zero-order chi connectivity index (χ0) is 18.7. The molecule has 0 saturated carbocycles. The molecule has 1 amide bonds. The van der Waals surface area contributed by atoms with Crippen LogP contribution in [0.4, 0.5) is 0 Å². The molecular formula is C20H20ClN3O2. The first-order valence-electron chi connectivity index (χ1n) is 8.30. The molecule has 3 rings (SSSR count). The number of nitrogens with one attached hydrogen (secondary N) is 1. The zero-order valence-corrected chi connectivity index (χ0v) is 15.7. The van der Waals surface area contributed by atoms with Crippen LogP contribution in [0.3, 0.4) is 0 Å². The van der Waals surface area contributed by atoms with Gasteiger partial charge in [0.15, 0.2) is 5.76 Å². The number of amides is 1. The maximum Gasteiger partial charge on any atom is 0.254 e. The van der Waals surface area contributed by atoms with Crippen molar-refractivity contribution in [3.8, 4) is 11.3 Å². The number of aromatic nitrogens is 2. The first kappa shape index (κ1) is 18.1. The summed E-state index contributed by atoms with van der Waals surface area (Å²) < 4.78 is 5.32. The highest BCUT2D eigenvalue weighted by Crippen LogP contribution is 2.26. The highest BCUT2D eigenvalue weighted by molar-refractivity contribution is 6.32. The lowest BCUT2D eigenvalue weighted by atomic mass is 9.86. The molecule has 0 fully saturated rings. The summed E-state index contributed by atoms with van der Waals surface area (Å²) in [6, 6.07) is 13.3. The van der Waals surface area contributed by atoms with E-state index in [1.807, 2.05) is 18.2 Å². The van der Waals surface area contributed by atoms with E-state index in [-0.39, 0.29) is 23.0 Å². The molecule has 6 heteroatoms. The number of halogens is 1. The van der Waals surface area contributed by atoms with Crippen LogP contribution < -0.4 is 5.32 Å². The molecule has 2 aromatic heterocycles. The lowest BCUT2D eigenvalue weighted by Crippen LogP contribution is -2.23. The van der Waals surface area contributed by atoms with Gasteiger partial charge in [-0.3, -0.25) is 4.79 Å². The summed E-state index contributed by atoms with van der Waals surface area (Å²) in [5.74, 6) is 0.254. The van der Waals surface area contributed by atoms with E-state index in [4.69, 9.17) is 16.1 Å². The van der Waals surface area contributed by atoms with Crippen molar-refractivity contribution < 1.29 is 9.32 Å². The largest absolute Gasteiger partial charge is 0.359 e. The highest BCUT2D eigenvalue weighted by Gasteiger charge is 2.15. The second-order valence-electron chi connectivity index (χ2n) is 7.03. The first-order chi connectivity index (χ1) is 12.3. The van der Waals surface area contributed by atoms with E-state index < -0.39 is 0 Å². The van der Waals surface area contributed by atoms with Gasteiger partial charge >= 0.3 is 0 Å². The molecule has 0 aliphatic rings. The highest BCUT2D eigenvalue weighted by atomic mass is 35.5. The predicted molar refractivity (Wildman–Crippen MR) is 101 cm³/mol. The predicted octanol–water partition coefficient (Wildman–Crippen LogP) is 4.62. The number of hydrogen-bond donors (Lipinski definition) is 1. The van der Waals surface area contributed by atoms with Crippen molar-refractivity contribution in [2.45, 2.75) is 32.7 Å². The Balaban J connectivity index is 1.67. The molecular weight excluding hydrogens is 350 g/mol. The molecule has 0 saturated heterocycles. The third-order valence-electron chi connectivity index (χ3n) is 4.03. The van der Waals surface area contributed by atoms with Crippen LogP contribution in [0.2, 0.25) is 5.15 Å². The van der Waals surface area contributed by atoms with E-state index in [2.05, 4.69) is 48.4 Å². The zero-order valence-electron chi connectivity index (χ0n) is 14.9. The number of rotatable bonds is 4. The fourth-order valence-electron chi connectivity index (χ4n) is 2.49. The van der Waals surface area contributed by atoms with Crippen LogP contribution in [-0.2, 0) is 12.0 Å². The summed E-state index contributed by atoms with van der Waals surface area (Å²) in [5.41, 5.74) is 3.38. The number of benzene rings is 1. The fraction of sp³-hybridized carbons (Fsp3) is 0.250. The second kappa shape index (κ2) is 7.30. The molecule has 26 heavy (non-hydrogen) atoms. The quantitative estimate of drug-likeness (QED) is 0.681. The number of pyridine rings is 1. The van der Waals surface area contributed by atoms with Gasteiger partial charge in [-0.15, -0.1) is 0 Å². The Morgan fingerprint density at radius 2 is 1.92 bits per heavy atom. The van der Waals surface area contributed by atoms with Crippen molar-refractivity contribution in [3.63, 3.8) is 0 Å². The molecule has 2 heterocycles. The van der Waals surface area contributed by atoms with Gasteiger partial charge in [0.05, 0.1) is 12.1 Å². The van der Waals surface area contributed by atoms with Crippen molar-refractivity contribution in [2.24, 2.45) is 0 Å². The molecule has 3 aromatic rings. The van der Waals surface area contributed by atoms with E-state index in [0.717, 1.165) is 11.3 Å². The van der Waals surface area contributed by atoms with Crippen molar-refractivity contribution in [1.29, 1.82) is 0 Å². The SMILES string of the molecule is CC(C)(C)c1ccc(-c2cc(CNC(=O)c3cccnc3Cl)on2)cc1. The van der Waals surface area contributed by atoms with E-state index in [0.29, 0.717) is 11.3 Å². The molecule has 134 valence electrons. The van der Waals surface area contributed by atoms with Gasteiger partial charge in [-0.2, -0.15) is 0 Å². The standard InChI is InChI=1S/C20H20ClN3O2/c1-20(2,3)14-8-6-13(7-9-14)17-11-15(26-24-17)12-23-19(25)16-5-4-10-22-18(16)21/h4-11H,12H2,1-3H3,(H,23,25). The molecule has 5 nitrogen and oxygen atoms in total. The Bertz CT molecular complexity index is 911. The number of hydrogen-bond acceptors (Lipinski definition) is 4. The molecule has 0 atom stereocenters. The third-order valence-corrected chi connectivity index (χ3v) is 4.33. The molecule has 0 bridgehead atoms. The van der Waals surface area contributed by atoms with Gasteiger partial charge in [0.2, 0.25) is 0 Å². The summed E-state index contributed by atoms with van der Waals surface area (Å²) in [6.07, 6.45) is 1.53. The average molecular weight is 370 g/mol. The Kier molecular flexibility index (Phi) is 5.09. The van der Waals surface area contributed by atoms with Gasteiger partial charge in [-0.05, 0) is 23.1 Å². The van der Waals surface area contributed by atoms with Crippen LogP contribution in [0.1, 0.15) is 42.5 Å². The minimum Gasteiger partial charge on any atom is -0.359 e. The van der Waals surface area contributed by atoms with Gasteiger partial charge < -0.3 is 9.84 Å². The normalized spacial score (nSPS) is 11.4. The summed E-state index contributed by atoms with van der Waals surface area (Å²) in [6.45, 7) is 6.74. The van der Waals surface area contributed by atoms with E-state index >= 15 is 0 Å². The van der Waals surface area contributed by atoms with Crippen molar-refractivity contribution >= 4 is 17.5 Å². The number of carbonyl (C=O) groups excluding carboxylic acids is 1. The van der Waals surface area contributed by atoms with Crippen molar-refractivity contribution in [1.82, 2.24) is 15.5 Å². The van der Waals surface area contributed by atoms with Crippen LogP contribution in [0.5, 0.6) is 0 Å². The summed E-state index contributed by atoms with van der Waals surface area (Å²) >= 11 is 5.92. The van der Waals surface area contributed by atoms with Crippen LogP contribution in [0.15, 0.2) is 53.2 Å². The Labute approximate surface area is 157 Å². The summed E-state index contributed by atoms with van der Waals surface area (Å²) in [4.78, 5) is 16.0. The topological polar surface area (TPSA) is 68.0 Å². The lowest BCUT2D eigenvalue weighted by Gasteiger charge is -2.18. The summed E-state index contributed by atoms with van der Waals surface area (Å²) in [5, 5.41) is 7.00. The number of carbonyl (C=O) groups is 1. The maximum absolute atomic E-state index is 12.1. The molecule has 0 spiro atoms. The van der Waals surface area contributed by atoms with Gasteiger partial charge in [-0.25, -0.2) is 4.98 Å². The van der Waals surface area contributed by atoms with Gasteiger partial charge in [0.25, 0.3) is 5.91 Å². The van der Waals surface area contributed by atoms with Gasteiger partial charge in [0.1, 0.15) is 10.8 Å². The third kappa shape index (κ3) is 4.11. The minimum absolute atomic E-state index is 0.103. The van der Waals surface area contributed by atoms with Gasteiger partial charge in [-0.1, -0.05) is 61.8 Å². The monoisotopic (exact) mass is 369 g/mol. The van der Waals surface area contributed by atoms with Crippen LogP contribution in [-0.4, -0.2) is 16.0 Å². The average Bonchev–Trinajstić information content (AvgIpc) is 3.08. The Hall–Kier alpha value is -2.66. The van der Waals surface area contributed by atoms with E-state index in [9.17, 15) is 4.79 Å². The van der Waals surface area contributed by atoms with Crippen LogP contribution >= 0.6 is 11.6 Å². The van der Waals surface area contributed by atoms with Crippen molar-refractivity contribution in [2.75, 3.05) is 0 Å². The first-order valence-corrected chi connectivity index (χ1v) is 8.67. The molecule has 0 aliphatic carbocycles. The summed E-state index contributed by atoms with van der Waals surface area (Å²) in [7, 11) is 0. The molecule has 1 aromatic carbocycles. The Morgan fingerprint density at radius 3 is 2.58 bits per heavy atom. The van der Waals surface area contributed by atoms with Crippen molar-refractivity contribution in [3.05, 3.63) is 70.7 Å². The van der Waals surface area contributed by atoms with Crippen LogP contribution in [0.25, 0.3) is 11.3 Å².